The molecule has 0 saturated carbocycles. The van der Waals surface area contributed by atoms with E-state index in [9.17, 15) is 14.3 Å². The van der Waals surface area contributed by atoms with Crippen molar-refractivity contribution in [2.24, 2.45) is 11.8 Å². The van der Waals surface area contributed by atoms with Crippen molar-refractivity contribution in [2.75, 3.05) is 26.2 Å². The lowest BCUT2D eigenvalue weighted by Gasteiger charge is -2.33. The Kier molecular flexibility index (Phi) is 6.54. The fraction of sp³-hybridized carbons (Fsp3) is 0.611. The zero-order valence-corrected chi connectivity index (χ0v) is 13.9. The summed E-state index contributed by atoms with van der Waals surface area (Å²) in [5.41, 5.74) is 0.751. The highest BCUT2D eigenvalue weighted by molar-refractivity contribution is 5.71. The van der Waals surface area contributed by atoms with Crippen molar-refractivity contribution in [3.05, 3.63) is 35.6 Å². The molecule has 2 rings (SSSR count). The fourth-order valence-corrected chi connectivity index (χ4v) is 2.85. The largest absolute Gasteiger partial charge is 0.464 e. The molecule has 0 bridgehead atoms. The maximum absolute atomic E-state index is 12.9. The molecule has 1 aromatic rings. The Balaban J connectivity index is 1.77. The lowest BCUT2D eigenvalue weighted by molar-refractivity contribution is -0.146. The van der Waals surface area contributed by atoms with E-state index in [-0.39, 0.29) is 17.7 Å². The molecule has 0 spiro atoms. The van der Waals surface area contributed by atoms with Crippen LogP contribution >= 0.6 is 0 Å². The van der Waals surface area contributed by atoms with Gasteiger partial charge in [0.1, 0.15) is 5.82 Å². The van der Waals surface area contributed by atoms with Crippen molar-refractivity contribution in [1.82, 2.24) is 4.90 Å². The highest BCUT2D eigenvalue weighted by Crippen LogP contribution is 2.30. The van der Waals surface area contributed by atoms with E-state index in [1.807, 2.05) is 13.8 Å². The molecule has 1 aliphatic rings. The van der Waals surface area contributed by atoms with Gasteiger partial charge in [0.15, 0.2) is 0 Å². The molecule has 1 heterocycles. The first-order valence-corrected chi connectivity index (χ1v) is 8.27. The molecular weight excluding hydrogens is 297 g/mol. The number of hydrogen-bond donors (Lipinski definition) is 1. The molecule has 128 valence electrons. The zero-order valence-electron chi connectivity index (χ0n) is 13.9. The molecule has 0 radical (unpaired) electrons. The van der Waals surface area contributed by atoms with Gasteiger partial charge < -0.3 is 9.84 Å². The molecule has 1 atom stereocenters. The third-order valence-corrected chi connectivity index (χ3v) is 4.22. The molecule has 1 saturated heterocycles. The van der Waals surface area contributed by atoms with Crippen molar-refractivity contribution in [3.8, 4) is 0 Å². The summed E-state index contributed by atoms with van der Waals surface area (Å²) in [5, 5.41) is 10.4. The van der Waals surface area contributed by atoms with Crippen molar-refractivity contribution in [2.45, 2.75) is 32.8 Å². The molecule has 1 aromatic carbocycles. The van der Waals surface area contributed by atoms with Gasteiger partial charge in [-0.05, 0) is 55.5 Å². The van der Waals surface area contributed by atoms with Crippen LogP contribution in [0.25, 0.3) is 0 Å². The number of hydrogen-bond acceptors (Lipinski definition) is 4. The van der Waals surface area contributed by atoms with Gasteiger partial charge in [0.05, 0.1) is 19.3 Å². The van der Waals surface area contributed by atoms with E-state index in [0.29, 0.717) is 19.1 Å². The molecule has 0 amide bonds. The van der Waals surface area contributed by atoms with E-state index >= 15 is 0 Å². The van der Waals surface area contributed by atoms with Crippen LogP contribution in [0.1, 0.15) is 38.4 Å². The van der Waals surface area contributed by atoms with Crippen molar-refractivity contribution in [3.63, 3.8) is 0 Å². The molecule has 4 nitrogen and oxygen atoms in total. The maximum Gasteiger partial charge on any atom is 0.320 e. The summed E-state index contributed by atoms with van der Waals surface area (Å²) in [7, 11) is 0. The number of halogens is 1. The lowest BCUT2D eigenvalue weighted by atomic mass is 9.87. The van der Waals surface area contributed by atoms with Gasteiger partial charge in [-0.3, -0.25) is 9.69 Å². The summed E-state index contributed by atoms with van der Waals surface area (Å²) < 4.78 is 18.1. The monoisotopic (exact) mass is 323 g/mol. The number of carbonyl (C=O) groups is 1. The molecule has 1 fully saturated rings. The maximum atomic E-state index is 12.9. The summed E-state index contributed by atoms with van der Waals surface area (Å²) in [6.07, 6.45) is 1.05. The van der Waals surface area contributed by atoms with Gasteiger partial charge in [0.2, 0.25) is 0 Å². The average Bonchev–Trinajstić information content (AvgIpc) is 2.54. The molecule has 23 heavy (non-hydrogen) atoms. The molecule has 0 aliphatic carbocycles. The van der Waals surface area contributed by atoms with Crippen LogP contribution in [0, 0.1) is 17.7 Å². The number of piperidine rings is 1. The number of aliphatic hydroxyl groups is 1. The number of likely N-dealkylation sites (tertiary alicyclic amines) is 1. The van der Waals surface area contributed by atoms with E-state index in [4.69, 9.17) is 4.74 Å². The number of nitrogens with zero attached hydrogens (tertiary/aromatic N) is 1. The van der Waals surface area contributed by atoms with Crippen molar-refractivity contribution < 1.29 is 19.0 Å². The third kappa shape index (κ3) is 5.59. The molecular formula is C18H26FNO3. The minimum absolute atomic E-state index is 0.142. The van der Waals surface area contributed by atoms with E-state index in [0.717, 1.165) is 31.5 Å². The third-order valence-electron chi connectivity index (χ3n) is 4.22. The van der Waals surface area contributed by atoms with E-state index in [2.05, 4.69) is 4.90 Å². The summed E-state index contributed by atoms with van der Waals surface area (Å²) in [5.74, 6) is 0.00542. The molecule has 1 aliphatic heterocycles. The first kappa shape index (κ1) is 17.9. The Labute approximate surface area is 137 Å². The van der Waals surface area contributed by atoms with Crippen LogP contribution in [-0.2, 0) is 9.53 Å². The zero-order chi connectivity index (χ0) is 16.8. The van der Waals surface area contributed by atoms with Gasteiger partial charge in [-0.2, -0.15) is 0 Å². The Hall–Kier alpha value is -1.46. The van der Waals surface area contributed by atoms with Gasteiger partial charge in [-0.25, -0.2) is 4.39 Å². The summed E-state index contributed by atoms with van der Waals surface area (Å²) >= 11 is 0. The molecule has 5 heteroatoms. The van der Waals surface area contributed by atoms with Crippen LogP contribution in [0.4, 0.5) is 4.39 Å². The minimum atomic E-state index is -0.578. The van der Waals surface area contributed by atoms with Crippen molar-refractivity contribution >= 4 is 5.97 Å². The number of esters is 1. The SMILES string of the molecule is CC(C)COC(=O)CN1CCC(C(O)c2ccc(F)cc2)CC1. The molecule has 1 unspecified atom stereocenters. The Morgan fingerprint density at radius 1 is 1.30 bits per heavy atom. The molecule has 1 N–H and O–H groups in total. The number of carbonyl (C=O) groups excluding carboxylic acids is 1. The first-order chi connectivity index (χ1) is 11.0. The van der Waals surface area contributed by atoms with Gasteiger partial charge in [-0.1, -0.05) is 26.0 Å². The number of ether oxygens (including phenoxy) is 1. The Morgan fingerprint density at radius 3 is 2.48 bits per heavy atom. The topological polar surface area (TPSA) is 49.8 Å². The van der Waals surface area contributed by atoms with Crippen LogP contribution in [-0.4, -0.2) is 42.2 Å². The number of rotatable bonds is 6. The predicted octanol–water partition coefficient (Wildman–Crippen LogP) is 2.77. The second-order valence-electron chi connectivity index (χ2n) is 6.69. The summed E-state index contributed by atoms with van der Waals surface area (Å²) in [6, 6.07) is 6.02. The van der Waals surface area contributed by atoms with Crippen molar-refractivity contribution in [1.29, 1.82) is 0 Å². The summed E-state index contributed by atoms with van der Waals surface area (Å²) in [6.45, 7) is 6.31. The average molecular weight is 323 g/mol. The van der Waals surface area contributed by atoms with Gasteiger partial charge in [0.25, 0.3) is 0 Å². The molecule has 0 aromatic heterocycles. The minimum Gasteiger partial charge on any atom is -0.464 e. The second-order valence-corrected chi connectivity index (χ2v) is 6.69. The summed E-state index contributed by atoms with van der Waals surface area (Å²) in [4.78, 5) is 13.8. The van der Waals surface area contributed by atoms with Crippen LogP contribution in [0.3, 0.4) is 0 Å². The Bertz CT molecular complexity index is 495. The fourth-order valence-electron chi connectivity index (χ4n) is 2.85. The van der Waals surface area contributed by atoms with E-state index in [1.54, 1.807) is 12.1 Å². The quantitative estimate of drug-likeness (QED) is 0.818. The standard InChI is InChI=1S/C18H26FNO3/c1-13(2)12-23-17(21)11-20-9-7-15(8-10-20)18(22)14-3-5-16(19)6-4-14/h3-6,13,15,18,22H,7-12H2,1-2H3. The van der Waals surface area contributed by atoms with Gasteiger partial charge >= 0.3 is 5.97 Å². The van der Waals surface area contributed by atoms with E-state index < -0.39 is 6.10 Å². The highest BCUT2D eigenvalue weighted by atomic mass is 19.1. The van der Waals surface area contributed by atoms with E-state index in [1.165, 1.54) is 12.1 Å². The number of aliphatic hydroxyl groups excluding tert-OH is 1. The van der Waals surface area contributed by atoms with Gasteiger partial charge in [-0.15, -0.1) is 0 Å². The lowest BCUT2D eigenvalue weighted by Crippen LogP contribution is -2.39. The van der Waals surface area contributed by atoms with Crippen LogP contribution in [0.2, 0.25) is 0 Å². The predicted molar refractivity (Wildman–Crippen MR) is 86.3 cm³/mol. The Morgan fingerprint density at radius 2 is 1.91 bits per heavy atom. The van der Waals surface area contributed by atoms with Crippen LogP contribution in [0.15, 0.2) is 24.3 Å². The normalized spacial score (nSPS) is 18.1. The second kappa shape index (κ2) is 8.41. The highest BCUT2D eigenvalue weighted by Gasteiger charge is 2.27. The smallest absolute Gasteiger partial charge is 0.320 e. The van der Waals surface area contributed by atoms with Crippen LogP contribution in [0.5, 0.6) is 0 Å². The van der Waals surface area contributed by atoms with Crippen LogP contribution < -0.4 is 0 Å². The van der Waals surface area contributed by atoms with Gasteiger partial charge in [0, 0.05) is 0 Å². The first-order valence-electron chi connectivity index (χ1n) is 8.27. The number of benzene rings is 1.